The van der Waals surface area contributed by atoms with Crippen molar-refractivity contribution < 1.29 is 4.79 Å². The van der Waals surface area contributed by atoms with Crippen LogP contribution in [0.5, 0.6) is 0 Å². The highest BCUT2D eigenvalue weighted by atomic mass is 16.1. The molecule has 28 heavy (non-hydrogen) atoms. The van der Waals surface area contributed by atoms with Gasteiger partial charge in [-0.2, -0.15) is 0 Å². The summed E-state index contributed by atoms with van der Waals surface area (Å²) in [6.45, 7) is 4.63. The fourth-order valence-electron chi connectivity index (χ4n) is 3.58. The molecule has 1 aromatic heterocycles. The number of fused-ring (bicyclic) bond motifs is 1. The van der Waals surface area contributed by atoms with E-state index in [0.29, 0.717) is 12.1 Å². The molecule has 0 spiro atoms. The summed E-state index contributed by atoms with van der Waals surface area (Å²) >= 11 is 0. The number of benzene rings is 3. The van der Waals surface area contributed by atoms with E-state index in [2.05, 4.69) is 35.4 Å². The normalized spacial score (nSPS) is 11.1. The number of nitrogens with zero attached hydrogens (tertiary/aromatic N) is 1. The average Bonchev–Trinajstić information content (AvgIpc) is 3.07. The lowest BCUT2D eigenvalue weighted by molar-refractivity contribution is 0.104. The largest absolute Gasteiger partial charge is 0.336 e. The molecule has 0 aliphatic carbocycles. The van der Waals surface area contributed by atoms with E-state index in [1.165, 1.54) is 0 Å². The third kappa shape index (κ3) is 3.33. The molecule has 4 aromatic rings. The maximum atomic E-state index is 12.6. The zero-order chi connectivity index (χ0) is 19.3. The number of ketones is 1. The molecule has 0 aliphatic rings. The Hall–Kier alpha value is -3.65. The van der Waals surface area contributed by atoms with Crippen molar-refractivity contribution >= 4 is 22.8 Å². The van der Waals surface area contributed by atoms with Gasteiger partial charge in [0.25, 0.3) is 0 Å². The molecule has 0 N–H and O–H groups in total. The van der Waals surface area contributed by atoms with Crippen molar-refractivity contribution in [2.45, 2.75) is 6.54 Å². The summed E-state index contributed by atoms with van der Waals surface area (Å²) in [5.74, 6) is 0.000151. The quantitative estimate of drug-likeness (QED) is 0.221. The van der Waals surface area contributed by atoms with Gasteiger partial charge in [0, 0.05) is 28.6 Å². The molecular weight excluding hydrogens is 342 g/mol. The summed E-state index contributed by atoms with van der Waals surface area (Å²) in [6, 6.07) is 27.9. The molecule has 4 rings (SSSR count). The Morgan fingerprint density at radius 1 is 0.857 bits per heavy atom. The number of allylic oxidation sites excluding steroid dienone is 2. The summed E-state index contributed by atoms with van der Waals surface area (Å²) in [5.41, 5.74) is 5.09. The van der Waals surface area contributed by atoms with Crippen LogP contribution < -0.4 is 0 Å². The summed E-state index contributed by atoms with van der Waals surface area (Å²) < 4.78 is 2.25. The van der Waals surface area contributed by atoms with Gasteiger partial charge in [-0.15, -0.1) is 6.58 Å². The van der Waals surface area contributed by atoms with Gasteiger partial charge < -0.3 is 4.57 Å². The topological polar surface area (TPSA) is 22.0 Å². The van der Waals surface area contributed by atoms with Gasteiger partial charge in [-0.05, 0) is 23.8 Å². The van der Waals surface area contributed by atoms with Crippen molar-refractivity contribution in [3.63, 3.8) is 0 Å². The Kier molecular flexibility index (Phi) is 5.03. The number of rotatable bonds is 6. The van der Waals surface area contributed by atoms with Crippen LogP contribution in [0.15, 0.2) is 104 Å². The van der Waals surface area contributed by atoms with Crippen LogP contribution in [-0.2, 0) is 6.54 Å². The summed E-state index contributed by atoms with van der Waals surface area (Å²) in [5, 5.41) is 1.13. The fourth-order valence-corrected chi connectivity index (χ4v) is 3.58. The molecule has 0 fully saturated rings. The third-order valence-electron chi connectivity index (χ3n) is 4.83. The zero-order valence-corrected chi connectivity index (χ0v) is 15.6. The highest BCUT2D eigenvalue weighted by Crippen LogP contribution is 2.35. The molecule has 0 saturated carbocycles. The summed E-state index contributed by atoms with van der Waals surface area (Å²) in [6.07, 6.45) is 5.52. The van der Waals surface area contributed by atoms with E-state index in [9.17, 15) is 4.79 Å². The number of hydrogen-bond acceptors (Lipinski definition) is 1. The predicted molar refractivity (Wildman–Crippen MR) is 117 cm³/mol. The Labute approximate surface area is 165 Å². The van der Waals surface area contributed by atoms with Crippen molar-refractivity contribution in [1.82, 2.24) is 4.57 Å². The van der Waals surface area contributed by atoms with Crippen LogP contribution in [-0.4, -0.2) is 10.4 Å². The van der Waals surface area contributed by atoms with E-state index >= 15 is 0 Å². The third-order valence-corrected chi connectivity index (χ3v) is 4.83. The first-order valence-corrected chi connectivity index (χ1v) is 9.34. The van der Waals surface area contributed by atoms with E-state index in [4.69, 9.17) is 0 Å². The Morgan fingerprint density at radius 3 is 2.21 bits per heavy atom. The molecule has 2 nitrogen and oxygen atoms in total. The lowest BCUT2D eigenvalue weighted by Gasteiger charge is -2.09. The molecule has 0 amide bonds. The Balaban J connectivity index is 1.90. The molecule has 3 aromatic carbocycles. The van der Waals surface area contributed by atoms with Gasteiger partial charge in [0.15, 0.2) is 5.78 Å². The van der Waals surface area contributed by atoms with Crippen molar-refractivity contribution in [1.29, 1.82) is 0 Å². The maximum Gasteiger partial charge on any atom is 0.185 e. The zero-order valence-electron chi connectivity index (χ0n) is 15.6. The van der Waals surface area contributed by atoms with Crippen molar-refractivity contribution in [3.05, 3.63) is 115 Å². The van der Waals surface area contributed by atoms with Gasteiger partial charge in [0.1, 0.15) is 0 Å². The van der Waals surface area contributed by atoms with Gasteiger partial charge in [-0.3, -0.25) is 4.79 Å². The molecular formula is C26H21NO. The van der Waals surface area contributed by atoms with Crippen LogP contribution in [0.2, 0.25) is 0 Å². The second-order valence-electron chi connectivity index (χ2n) is 6.61. The van der Waals surface area contributed by atoms with Crippen molar-refractivity contribution in [2.24, 2.45) is 0 Å². The molecule has 1 heterocycles. The second kappa shape index (κ2) is 7.93. The minimum Gasteiger partial charge on any atom is -0.336 e. The van der Waals surface area contributed by atoms with E-state index in [-0.39, 0.29) is 5.78 Å². The average molecular weight is 363 g/mol. The van der Waals surface area contributed by atoms with Crippen LogP contribution in [0.3, 0.4) is 0 Å². The van der Waals surface area contributed by atoms with Crippen LogP contribution in [0.4, 0.5) is 0 Å². The Bertz CT molecular complexity index is 1150. The maximum absolute atomic E-state index is 12.6. The smallest absolute Gasteiger partial charge is 0.185 e. The van der Waals surface area contributed by atoms with Gasteiger partial charge in [0.2, 0.25) is 0 Å². The standard InChI is InChI=1S/C26H21NO/c1-2-19-27-24-16-10-9-15-22(24)23(26(27)21-13-7-4-8-14-21)17-18-25(28)20-11-5-3-6-12-20/h2-18H,1,19H2/b18-17+. The highest BCUT2D eigenvalue weighted by molar-refractivity contribution is 6.09. The van der Waals surface area contributed by atoms with Crippen LogP contribution >= 0.6 is 0 Å². The molecule has 0 bridgehead atoms. The minimum absolute atomic E-state index is 0.000151. The summed E-state index contributed by atoms with van der Waals surface area (Å²) in [4.78, 5) is 12.6. The lowest BCUT2D eigenvalue weighted by Crippen LogP contribution is -1.98. The fraction of sp³-hybridized carbons (Fsp3) is 0.0385. The van der Waals surface area contributed by atoms with Gasteiger partial charge in [0.05, 0.1) is 5.69 Å². The van der Waals surface area contributed by atoms with Gasteiger partial charge >= 0.3 is 0 Å². The molecule has 0 unspecified atom stereocenters. The first-order chi connectivity index (χ1) is 13.8. The highest BCUT2D eigenvalue weighted by Gasteiger charge is 2.16. The second-order valence-corrected chi connectivity index (χ2v) is 6.61. The van der Waals surface area contributed by atoms with E-state index in [0.717, 1.165) is 27.7 Å². The lowest BCUT2D eigenvalue weighted by atomic mass is 10.0. The van der Waals surface area contributed by atoms with Crippen LogP contribution in [0, 0.1) is 0 Å². The van der Waals surface area contributed by atoms with Gasteiger partial charge in [-0.25, -0.2) is 0 Å². The number of hydrogen-bond donors (Lipinski definition) is 0. The number of aromatic nitrogens is 1. The SMILES string of the molecule is C=CCn1c(-c2ccccc2)c(/C=C/C(=O)c2ccccc2)c2ccccc21. The molecule has 0 radical (unpaired) electrons. The first-order valence-electron chi connectivity index (χ1n) is 9.34. The van der Waals surface area contributed by atoms with Crippen molar-refractivity contribution in [2.75, 3.05) is 0 Å². The van der Waals surface area contributed by atoms with Crippen LogP contribution in [0.1, 0.15) is 15.9 Å². The van der Waals surface area contributed by atoms with Gasteiger partial charge in [-0.1, -0.05) is 84.9 Å². The summed E-state index contributed by atoms with van der Waals surface area (Å²) in [7, 11) is 0. The number of carbonyl (C=O) groups excluding carboxylic acids is 1. The Morgan fingerprint density at radius 2 is 1.50 bits per heavy atom. The minimum atomic E-state index is 0.000151. The first kappa shape index (κ1) is 17.7. The van der Waals surface area contributed by atoms with E-state index in [1.54, 1.807) is 6.08 Å². The predicted octanol–water partition coefficient (Wildman–Crippen LogP) is 6.39. The molecule has 2 heteroatoms. The van der Waals surface area contributed by atoms with E-state index in [1.807, 2.05) is 72.8 Å². The number of carbonyl (C=O) groups is 1. The number of para-hydroxylation sites is 1. The molecule has 0 saturated heterocycles. The molecule has 136 valence electrons. The molecule has 0 atom stereocenters. The molecule has 0 aliphatic heterocycles. The van der Waals surface area contributed by atoms with E-state index < -0.39 is 0 Å². The van der Waals surface area contributed by atoms with Crippen molar-refractivity contribution in [3.8, 4) is 11.3 Å². The van der Waals surface area contributed by atoms with Crippen LogP contribution in [0.25, 0.3) is 28.2 Å². The monoisotopic (exact) mass is 363 g/mol.